The van der Waals surface area contributed by atoms with Gasteiger partial charge in [-0.1, -0.05) is 12.8 Å². The number of carbonyl (C=O) groups is 2. The molecule has 18 heavy (non-hydrogen) atoms. The third kappa shape index (κ3) is 2.27. The third-order valence-electron chi connectivity index (χ3n) is 3.37. The Balaban J connectivity index is 2.43. The van der Waals surface area contributed by atoms with Gasteiger partial charge in [0.1, 0.15) is 4.88 Å². The summed E-state index contributed by atoms with van der Waals surface area (Å²) in [5.41, 5.74) is 1.35. The molecule has 98 valence electrons. The van der Waals surface area contributed by atoms with Crippen molar-refractivity contribution in [1.29, 1.82) is 0 Å². The van der Waals surface area contributed by atoms with E-state index in [0.717, 1.165) is 18.4 Å². The van der Waals surface area contributed by atoms with Crippen molar-refractivity contribution in [3.63, 3.8) is 0 Å². The van der Waals surface area contributed by atoms with E-state index in [9.17, 15) is 9.59 Å². The van der Waals surface area contributed by atoms with Gasteiger partial charge in [0.25, 0.3) is 0 Å². The first-order valence-corrected chi connectivity index (χ1v) is 6.85. The lowest BCUT2D eigenvalue weighted by Crippen LogP contribution is -2.11. The highest BCUT2D eigenvalue weighted by atomic mass is 32.1. The van der Waals surface area contributed by atoms with E-state index >= 15 is 0 Å². The molecule has 0 bridgehead atoms. The molecule has 0 unspecified atom stereocenters. The van der Waals surface area contributed by atoms with E-state index in [4.69, 9.17) is 9.47 Å². The van der Waals surface area contributed by atoms with Gasteiger partial charge in [0.15, 0.2) is 0 Å². The monoisotopic (exact) mass is 268 g/mol. The lowest BCUT2D eigenvalue weighted by molar-refractivity contribution is 0.0559. The van der Waals surface area contributed by atoms with Gasteiger partial charge in [0.05, 0.1) is 19.8 Å². The molecule has 4 nitrogen and oxygen atoms in total. The Morgan fingerprint density at radius 3 is 2.33 bits per heavy atom. The van der Waals surface area contributed by atoms with E-state index in [0.29, 0.717) is 16.4 Å². The summed E-state index contributed by atoms with van der Waals surface area (Å²) in [5, 5.41) is 1.90. The quantitative estimate of drug-likeness (QED) is 0.791. The van der Waals surface area contributed by atoms with Crippen molar-refractivity contribution < 1.29 is 19.1 Å². The minimum atomic E-state index is -0.468. The average Bonchev–Trinajstić information content (AvgIpc) is 3.04. The van der Waals surface area contributed by atoms with Crippen LogP contribution in [0.1, 0.15) is 57.2 Å². The first kappa shape index (κ1) is 13.1. The Morgan fingerprint density at radius 1 is 1.17 bits per heavy atom. The predicted molar refractivity (Wildman–Crippen MR) is 68.2 cm³/mol. The zero-order chi connectivity index (χ0) is 13.1. The Hall–Kier alpha value is -1.36. The SMILES string of the molecule is COC(=O)c1scc(C2CCCC2)c1C(=O)OC. The van der Waals surface area contributed by atoms with Crippen molar-refractivity contribution in [3.8, 4) is 0 Å². The van der Waals surface area contributed by atoms with Crippen molar-refractivity contribution in [1.82, 2.24) is 0 Å². The van der Waals surface area contributed by atoms with Crippen LogP contribution < -0.4 is 0 Å². The Bertz CT molecular complexity index is 458. The van der Waals surface area contributed by atoms with Crippen molar-refractivity contribution >= 4 is 23.3 Å². The number of carbonyl (C=O) groups excluding carboxylic acids is 2. The van der Waals surface area contributed by atoms with Crippen LogP contribution in [0.15, 0.2) is 5.38 Å². The molecule has 0 atom stereocenters. The number of esters is 2. The Labute approximate surface area is 110 Å². The fraction of sp³-hybridized carbons (Fsp3) is 0.538. The van der Waals surface area contributed by atoms with Gasteiger partial charge in [-0.25, -0.2) is 9.59 Å². The average molecular weight is 268 g/mol. The number of methoxy groups -OCH3 is 2. The minimum Gasteiger partial charge on any atom is -0.465 e. The van der Waals surface area contributed by atoms with Gasteiger partial charge in [-0.05, 0) is 29.7 Å². The zero-order valence-corrected chi connectivity index (χ0v) is 11.3. The molecular formula is C13H16O4S. The van der Waals surface area contributed by atoms with E-state index in [-0.39, 0.29) is 0 Å². The summed E-state index contributed by atoms with van der Waals surface area (Å²) in [4.78, 5) is 23.9. The second-order valence-corrected chi connectivity index (χ2v) is 5.24. The molecule has 1 heterocycles. The predicted octanol–water partition coefficient (Wildman–Crippen LogP) is 2.98. The summed E-state index contributed by atoms with van der Waals surface area (Å²) in [5.74, 6) is -0.544. The van der Waals surface area contributed by atoms with Crippen LogP contribution in [0.2, 0.25) is 0 Å². The maximum Gasteiger partial charge on any atom is 0.348 e. The van der Waals surface area contributed by atoms with Crippen molar-refractivity contribution in [2.24, 2.45) is 0 Å². The normalized spacial score (nSPS) is 15.7. The summed E-state index contributed by atoms with van der Waals surface area (Å²) in [6.45, 7) is 0. The molecule has 1 aromatic rings. The first-order valence-electron chi connectivity index (χ1n) is 5.97. The van der Waals surface area contributed by atoms with Crippen molar-refractivity contribution in [3.05, 3.63) is 21.4 Å². The van der Waals surface area contributed by atoms with E-state index < -0.39 is 11.9 Å². The maximum absolute atomic E-state index is 11.9. The van der Waals surface area contributed by atoms with Gasteiger partial charge in [-0.3, -0.25) is 0 Å². The third-order valence-corrected chi connectivity index (χ3v) is 4.35. The molecule has 0 radical (unpaired) electrons. The van der Waals surface area contributed by atoms with E-state index in [1.807, 2.05) is 5.38 Å². The molecule has 0 N–H and O–H groups in total. The van der Waals surface area contributed by atoms with Crippen LogP contribution in [-0.2, 0) is 9.47 Å². The topological polar surface area (TPSA) is 52.6 Å². The molecule has 0 amide bonds. The van der Waals surface area contributed by atoms with E-state index in [1.165, 1.54) is 38.4 Å². The summed E-state index contributed by atoms with van der Waals surface area (Å²) in [7, 11) is 2.65. The molecule has 0 aromatic carbocycles. The summed E-state index contributed by atoms with van der Waals surface area (Å²) >= 11 is 1.26. The molecular weight excluding hydrogens is 252 g/mol. The lowest BCUT2D eigenvalue weighted by atomic mass is 9.95. The molecule has 2 rings (SSSR count). The second-order valence-electron chi connectivity index (χ2n) is 4.36. The second kappa shape index (κ2) is 5.52. The molecule has 0 saturated heterocycles. The smallest absolute Gasteiger partial charge is 0.348 e. The highest BCUT2D eigenvalue weighted by Gasteiger charge is 2.30. The first-order chi connectivity index (χ1) is 8.69. The lowest BCUT2D eigenvalue weighted by Gasteiger charge is -2.10. The number of hydrogen-bond acceptors (Lipinski definition) is 5. The van der Waals surface area contributed by atoms with Gasteiger partial charge < -0.3 is 9.47 Å². The minimum absolute atomic E-state index is 0.353. The van der Waals surface area contributed by atoms with Crippen LogP contribution >= 0.6 is 11.3 Å². The van der Waals surface area contributed by atoms with Crippen LogP contribution in [0.5, 0.6) is 0 Å². The summed E-state index contributed by atoms with van der Waals surface area (Å²) in [6.07, 6.45) is 4.49. The van der Waals surface area contributed by atoms with E-state index in [2.05, 4.69) is 0 Å². The molecule has 1 fully saturated rings. The largest absolute Gasteiger partial charge is 0.465 e. The standard InChI is InChI=1S/C13H16O4S/c1-16-12(14)10-9(8-5-3-4-6-8)7-18-11(10)13(15)17-2/h7-8H,3-6H2,1-2H3. The number of thiophene rings is 1. The van der Waals surface area contributed by atoms with Crippen molar-refractivity contribution in [2.75, 3.05) is 14.2 Å². The Kier molecular flexibility index (Phi) is 4.01. The van der Waals surface area contributed by atoms with Crippen LogP contribution in [0.3, 0.4) is 0 Å². The van der Waals surface area contributed by atoms with Gasteiger partial charge >= 0.3 is 11.9 Å². The maximum atomic E-state index is 11.9. The van der Waals surface area contributed by atoms with Crippen LogP contribution in [0, 0.1) is 0 Å². The molecule has 1 aliphatic rings. The summed E-state index contributed by atoms with van der Waals surface area (Å²) in [6, 6.07) is 0. The highest BCUT2D eigenvalue weighted by Crippen LogP contribution is 2.39. The molecule has 1 aliphatic carbocycles. The number of ether oxygens (including phenoxy) is 2. The fourth-order valence-electron chi connectivity index (χ4n) is 2.46. The number of rotatable bonds is 3. The molecule has 1 saturated carbocycles. The summed E-state index contributed by atoms with van der Waals surface area (Å²) < 4.78 is 9.50. The van der Waals surface area contributed by atoms with Crippen LogP contribution in [-0.4, -0.2) is 26.2 Å². The van der Waals surface area contributed by atoms with Gasteiger partial charge in [0.2, 0.25) is 0 Å². The van der Waals surface area contributed by atoms with Crippen molar-refractivity contribution in [2.45, 2.75) is 31.6 Å². The number of hydrogen-bond donors (Lipinski definition) is 0. The fourth-order valence-corrected chi connectivity index (χ4v) is 3.52. The van der Waals surface area contributed by atoms with Gasteiger partial charge in [-0.15, -0.1) is 11.3 Å². The van der Waals surface area contributed by atoms with Gasteiger partial charge in [0, 0.05) is 0 Å². The molecule has 0 aliphatic heterocycles. The van der Waals surface area contributed by atoms with Crippen LogP contribution in [0.25, 0.3) is 0 Å². The highest BCUT2D eigenvalue weighted by molar-refractivity contribution is 7.12. The van der Waals surface area contributed by atoms with Gasteiger partial charge in [-0.2, -0.15) is 0 Å². The van der Waals surface area contributed by atoms with E-state index in [1.54, 1.807) is 0 Å². The van der Waals surface area contributed by atoms with Crippen LogP contribution in [0.4, 0.5) is 0 Å². The molecule has 5 heteroatoms. The Morgan fingerprint density at radius 2 is 1.78 bits per heavy atom. The molecule has 1 aromatic heterocycles. The molecule has 0 spiro atoms. The zero-order valence-electron chi connectivity index (χ0n) is 10.5.